The van der Waals surface area contributed by atoms with Gasteiger partial charge in [0.25, 0.3) is 0 Å². The molecule has 16 heavy (non-hydrogen) atoms. The van der Waals surface area contributed by atoms with E-state index in [9.17, 15) is 4.79 Å². The number of rotatable bonds is 2. The van der Waals surface area contributed by atoms with Crippen molar-refractivity contribution < 1.29 is 4.79 Å². The second kappa shape index (κ2) is 5.21. The minimum absolute atomic E-state index is 0.0599. The van der Waals surface area contributed by atoms with Crippen LogP contribution in [0.25, 0.3) is 0 Å². The maximum atomic E-state index is 11.3. The minimum atomic E-state index is -0.0599. The first-order valence-corrected chi connectivity index (χ1v) is 4.96. The number of amidine groups is 1. The summed E-state index contributed by atoms with van der Waals surface area (Å²) >= 11 is 0. The molecule has 0 unspecified atom stereocenters. The molecule has 0 heterocycles. The average Bonchev–Trinajstić information content (AvgIpc) is 2.26. The molecule has 0 amide bonds. The summed E-state index contributed by atoms with van der Waals surface area (Å²) < 4.78 is 0. The molecule has 0 fully saturated rings. The Hall–Kier alpha value is -1.97. The fourth-order valence-electron chi connectivity index (χ4n) is 1.38. The summed E-state index contributed by atoms with van der Waals surface area (Å²) in [7, 11) is 1.66. The van der Waals surface area contributed by atoms with Gasteiger partial charge in [0, 0.05) is 30.1 Å². The molecule has 0 radical (unpaired) electrons. The summed E-state index contributed by atoms with van der Waals surface area (Å²) in [5, 5.41) is 0. The van der Waals surface area contributed by atoms with E-state index in [4.69, 9.17) is 5.73 Å². The molecule has 1 rings (SSSR count). The van der Waals surface area contributed by atoms with E-state index in [1.807, 2.05) is 6.92 Å². The third-order valence-electron chi connectivity index (χ3n) is 2.15. The lowest BCUT2D eigenvalue weighted by Crippen LogP contribution is -2.04. The van der Waals surface area contributed by atoms with E-state index in [2.05, 4.69) is 9.98 Å². The number of hydrogen-bond donors (Lipinski definition) is 1. The van der Waals surface area contributed by atoms with E-state index >= 15 is 0 Å². The topological polar surface area (TPSA) is 67.8 Å². The van der Waals surface area contributed by atoms with Crippen LogP contribution in [0, 0.1) is 0 Å². The van der Waals surface area contributed by atoms with Gasteiger partial charge < -0.3 is 5.73 Å². The van der Waals surface area contributed by atoms with E-state index in [0.717, 1.165) is 5.56 Å². The van der Waals surface area contributed by atoms with Crippen molar-refractivity contribution in [2.24, 2.45) is 9.98 Å². The SMILES string of the molecule is C/C=N\C(=N/C)c1ccc(N)c(C(C)=O)c1. The van der Waals surface area contributed by atoms with Crippen molar-refractivity contribution in [3.63, 3.8) is 0 Å². The van der Waals surface area contributed by atoms with Crippen molar-refractivity contribution in [3.8, 4) is 0 Å². The van der Waals surface area contributed by atoms with Gasteiger partial charge in [-0.05, 0) is 32.0 Å². The van der Waals surface area contributed by atoms with Gasteiger partial charge >= 0.3 is 0 Å². The molecule has 0 saturated carbocycles. The molecule has 0 atom stereocenters. The molecule has 0 aliphatic carbocycles. The lowest BCUT2D eigenvalue weighted by molar-refractivity contribution is 0.101. The number of nitrogens with two attached hydrogens (primary N) is 1. The van der Waals surface area contributed by atoms with Crippen molar-refractivity contribution in [2.75, 3.05) is 12.8 Å². The van der Waals surface area contributed by atoms with Gasteiger partial charge in [-0.1, -0.05) is 0 Å². The van der Waals surface area contributed by atoms with Gasteiger partial charge in [0.15, 0.2) is 11.6 Å². The van der Waals surface area contributed by atoms with Gasteiger partial charge in [0.1, 0.15) is 0 Å². The Balaban J connectivity index is 3.27. The number of aliphatic imine (C=N–C) groups is 2. The monoisotopic (exact) mass is 217 g/mol. The minimum Gasteiger partial charge on any atom is -0.398 e. The second-order valence-electron chi connectivity index (χ2n) is 3.29. The Bertz CT molecular complexity index is 461. The number of hydrogen-bond acceptors (Lipinski definition) is 3. The van der Waals surface area contributed by atoms with Gasteiger partial charge in [-0.3, -0.25) is 9.79 Å². The van der Waals surface area contributed by atoms with Crippen molar-refractivity contribution in [3.05, 3.63) is 29.3 Å². The van der Waals surface area contributed by atoms with E-state index < -0.39 is 0 Å². The number of nitrogens with zero attached hydrogens (tertiary/aromatic N) is 2. The van der Waals surface area contributed by atoms with Crippen molar-refractivity contribution in [1.29, 1.82) is 0 Å². The fraction of sp³-hybridized carbons (Fsp3) is 0.250. The number of anilines is 1. The van der Waals surface area contributed by atoms with Crippen LogP contribution in [-0.2, 0) is 0 Å². The molecule has 0 aliphatic rings. The first-order valence-electron chi connectivity index (χ1n) is 4.96. The standard InChI is InChI=1S/C12H15N3O/c1-4-15-12(14-3)9-5-6-11(13)10(7-9)8(2)16/h4-7H,13H2,1-3H3/b14-12-,15-4-. The van der Waals surface area contributed by atoms with Crippen molar-refractivity contribution in [1.82, 2.24) is 0 Å². The third-order valence-corrected chi connectivity index (χ3v) is 2.15. The Morgan fingerprint density at radius 2 is 2.12 bits per heavy atom. The zero-order valence-corrected chi connectivity index (χ0v) is 9.69. The number of Topliss-reactive ketones (excluding diaryl/α,β-unsaturated/α-hetero) is 1. The molecule has 0 bridgehead atoms. The Labute approximate surface area is 94.9 Å². The smallest absolute Gasteiger partial charge is 0.161 e. The molecule has 0 aliphatic heterocycles. The summed E-state index contributed by atoms with van der Waals surface area (Å²) in [6.07, 6.45) is 1.66. The van der Waals surface area contributed by atoms with Gasteiger partial charge in [0.2, 0.25) is 0 Å². The van der Waals surface area contributed by atoms with Gasteiger partial charge in [-0.2, -0.15) is 0 Å². The average molecular weight is 217 g/mol. The molecule has 0 saturated heterocycles. The van der Waals surface area contributed by atoms with Gasteiger partial charge in [-0.25, -0.2) is 4.99 Å². The largest absolute Gasteiger partial charge is 0.398 e. The lowest BCUT2D eigenvalue weighted by Gasteiger charge is -2.05. The van der Waals surface area contributed by atoms with Crippen LogP contribution in [0.1, 0.15) is 29.8 Å². The number of nitrogen functional groups attached to an aromatic ring is 1. The molecule has 1 aromatic carbocycles. The van der Waals surface area contributed by atoms with Gasteiger partial charge in [0.05, 0.1) is 0 Å². The molecule has 0 spiro atoms. The summed E-state index contributed by atoms with van der Waals surface area (Å²) in [4.78, 5) is 19.5. The van der Waals surface area contributed by atoms with Crippen LogP contribution in [0.15, 0.2) is 28.2 Å². The van der Waals surface area contributed by atoms with E-state index in [-0.39, 0.29) is 5.78 Å². The molecule has 1 aromatic rings. The maximum Gasteiger partial charge on any atom is 0.161 e. The highest BCUT2D eigenvalue weighted by molar-refractivity contribution is 6.06. The highest BCUT2D eigenvalue weighted by atomic mass is 16.1. The third kappa shape index (κ3) is 2.53. The maximum absolute atomic E-state index is 11.3. The number of carbonyl (C=O) groups is 1. The lowest BCUT2D eigenvalue weighted by atomic mass is 10.1. The van der Waals surface area contributed by atoms with Crippen LogP contribution >= 0.6 is 0 Å². The van der Waals surface area contributed by atoms with Crippen LogP contribution in [0.5, 0.6) is 0 Å². The summed E-state index contributed by atoms with van der Waals surface area (Å²) in [5.41, 5.74) is 7.48. The molecule has 4 heteroatoms. The predicted octanol–water partition coefficient (Wildman–Crippen LogP) is 1.94. The van der Waals surface area contributed by atoms with Gasteiger partial charge in [-0.15, -0.1) is 0 Å². The molecule has 4 nitrogen and oxygen atoms in total. The molecule has 0 aromatic heterocycles. The van der Waals surface area contributed by atoms with Crippen LogP contribution < -0.4 is 5.73 Å². The van der Waals surface area contributed by atoms with Crippen molar-refractivity contribution in [2.45, 2.75) is 13.8 Å². The highest BCUT2D eigenvalue weighted by Gasteiger charge is 2.08. The number of benzene rings is 1. The zero-order chi connectivity index (χ0) is 12.1. The molecule has 84 valence electrons. The van der Waals surface area contributed by atoms with E-state index in [1.54, 1.807) is 31.5 Å². The van der Waals surface area contributed by atoms with Crippen molar-refractivity contribution >= 4 is 23.5 Å². The number of carbonyl (C=O) groups excluding carboxylic acids is 1. The van der Waals surface area contributed by atoms with Crippen LogP contribution in [-0.4, -0.2) is 24.9 Å². The predicted molar refractivity (Wildman–Crippen MR) is 67.5 cm³/mol. The summed E-state index contributed by atoms with van der Waals surface area (Å²) in [6, 6.07) is 5.21. The van der Waals surface area contributed by atoms with Crippen LogP contribution in [0.2, 0.25) is 0 Å². The molecule has 2 N–H and O–H groups in total. The first kappa shape index (κ1) is 12.1. The van der Waals surface area contributed by atoms with Crippen LogP contribution in [0.3, 0.4) is 0 Å². The Kier molecular flexibility index (Phi) is 3.94. The first-order chi connectivity index (χ1) is 7.60. The van der Waals surface area contributed by atoms with Crippen LogP contribution in [0.4, 0.5) is 5.69 Å². The fourth-order valence-corrected chi connectivity index (χ4v) is 1.38. The zero-order valence-electron chi connectivity index (χ0n) is 9.69. The van der Waals surface area contributed by atoms with E-state index in [0.29, 0.717) is 17.1 Å². The Morgan fingerprint density at radius 1 is 1.44 bits per heavy atom. The summed E-state index contributed by atoms with van der Waals surface area (Å²) in [6.45, 7) is 3.30. The van der Waals surface area contributed by atoms with E-state index in [1.165, 1.54) is 6.92 Å². The Morgan fingerprint density at radius 3 is 2.62 bits per heavy atom. The molecular weight excluding hydrogens is 202 g/mol. The normalized spacial score (nSPS) is 12.1. The molecular formula is C12H15N3O. The second-order valence-corrected chi connectivity index (χ2v) is 3.29. The quantitative estimate of drug-likeness (QED) is 0.356. The highest BCUT2D eigenvalue weighted by Crippen LogP contribution is 2.15. The number of ketones is 1. The summed E-state index contributed by atoms with van der Waals surface area (Å²) in [5.74, 6) is 0.528.